The molecule has 0 N–H and O–H groups in total. The third-order valence-electron chi connectivity index (χ3n) is 6.37. The summed E-state index contributed by atoms with van der Waals surface area (Å²) in [5.74, 6) is 0. The average Bonchev–Trinajstić information content (AvgIpc) is 3.06. The number of hydrogen-bond acceptors (Lipinski definition) is 0. The Labute approximate surface area is 262 Å². The molecule has 0 nitrogen and oxygen atoms in total. The van der Waals surface area contributed by atoms with E-state index in [2.05, 4.69) is 195 Å². The molecule has 0 spiro atoms. The summed E-state index contributed by atoms with van der Waals surface area (Å²) in [5, 5.41) is 8.61. The van der Waals surface area contributed by atoms with Crippen LogP contribution in [0.3, 0.4) is 0 Å². The molecule has 0 saturated carbocycles. The van der Waals surface area contributed by atoms with E-state index in [4.69, 9.17) is 0 Å². The largest absolute Gasteiger partial charge is 0.106 e. The van der Waals surface area contributed by atoms with E-state index in [1.54, 1.807) is 0 Å². The normalized spacial score (nSPS) is 9.90. The van der Waals surface area contributed by atoms with E-state index in [9.17, 15) is 0 Å². The fourth-order valence-electron chi connectivity index (χ4n) is 4.63. The zero-order valence-electron chi connectivity index (χ0n) is 23.1. The molecule has 206 valence electrons. The monoisotopic (exact) mass is 660 g/mol. The molecular formula is C38H36P2Pd+2. The van der Waals surface area contributed by atoms with Gasteiger partial charge in [-0.15, -0.1) is 13.2 Å². The van der Waals surface area contributed by atoms with Crippen molar-refractivity contribution in [2.75, 3.05) is 0 Å². The molecule has 0 aliphatic heterocycles. The second-order valence-electron chi connectivity index (χ2n) is 8.95. The van der Waals surface area contributed by atoms with Crippen molar-refractivity contribution in [3.05, 3.63) is 195 Å². The summed E-state index contributed by atoms with van der Waals surface area (Å²) in [4.78, 5) is 0. The topological polar surface area (TPSA) is 0 Å². The average molecular weight is 661 g/mol. The summed E-state index contributed by atoms with van der Waals surface area (Å²) < 4.78 is 0. The van der Waals surface area contributed by atoms with Gasteiger partial charge >= 0.3 is 0 Å². The third-order valence-corrected chi connectivity index (χ3v) is 11.8. The van der Waals surface area contributed by atoms with Gasteiger partial charge in [-0.3, -0.25) is 0 Å². The van der Waals surface area contributed by atoms with Gasteiger partial charge in [-0.2, -0.15) is 0 Å². The van der Waals surface area contributed by atoms with E-state index >= 15 is 0 Å². The minimum Gasteiger partial charge on any atom is -0.106 e. The summed E-state index contributed by atoms with van der Waals surface area (Å²) in [5.41, 5.74) is 0. The molecule has 0 amide bonds. The molecular weight excluding hydrogens is 625 g/mol. The first kappa shape index (κ1) is 32.1. The minimum absolute atomic E-state index is 0. The Balaban J connectivity index is 0.000000208. The zero-order chi connectivity index (χ0) is 27.8. The molecule has 0 atom stereocenters. The van der Waals surface area contributed by atoms with Crippen molar-refractivity contribution in [2.24, 2.45) is 0 Å². The maximum atomic E-state index is 3.00. The molecule has 0 aliphatic carbocycles. The van der Waals surface area contributed by atoms with Crippen molar-refractivity contribution < 1.29 is 20.4 Å². The molecule has 0 fully saturated rings. The van der Waals surface area contributed by atoms with Crippen molar-refractivity contribution in [1.82, 2.24) is 0 Å². The molecule has 6 rings (SSSR count). The maximum Gasteiger partial charge on any atom is 0.102 e. The fraction of sp³-hybridized carbons (Fsp3) is 0. The first-order valence-corrected chi connectivity index (χ1v) is 16.5. The fourth-order valence-corrected chi connectivity index (χ4v) is 9.78. The van der Waals surface area contributed by atoms with Crippen LogP contribution >= 0.6 is 15.8 Å². The van der Waals surface area contributed by atoms with Crippen LogP contribution in [0.25, 0.3) is 0 Å². The van der Waals surface area contributed by atoms with E-state index < -0.39 is 15.8 Å². The molecule has 0 radical (unpaired) electrons. The number of benzene rings is 6. The summed E-state index contributed by atoms with van der Waals surface area (Å²) in [6, 6.07) is 65.0. The molecule has 41 heavy (non-hydrogen) atoms. The van der Waals surface area contributed by atoms with Crippen LogP contribution < -0.4 is 31.8 Å². The van der Waals surface area contributed by atoms with Crippen LogP contribution in [0.2, 0.25) is 0 Å². The molecule has 6 aromatic rings. The van der Waals surface area contributed by atoms with Gasteiger partial charge in [-0.25, -0.2) is 0 Å². The van der Waals surface area contributed by atoms with Gasteiger partial charge in [0.15, 0.2) is 0 Å². The van der Waals surface area contributed by atoms with Gasteiger partial charge in [-0.05, 0) is 72.8 Å². The Bertz CT molecular complexity index is 1190. The predicted molar refractivity (Wildman–Crippen MR) is 184 cm³/mol. The van der Waals surface area contributed by atoms with Gasteiger partial charge in [0, 0.05) is 20.4 Å². The van der Waals surface area contributed by atoms with Crippen molar-refractivity contribution in [1.29, 1.82) is 0 Å². The Hall–Kier alpha value is -3.42. The predicted octanol–water partition coefficient (Wildman–Crippen LogP) is 7.15. The molecule has 0 saturated heterocycles. The first-order chi connectivity index (χ1) is 19.9. The van der Waals surface area contributed by atoms with Crippen LogP contribution in [0.1, 0.15) is 0 Å². The second-order valence-corrected chi connectivity index (χ2v) is 13.9. The third kappa shape index (κ3) is 9.30. The van der Waals surface area contributed by atoms with E-state index in [1.165, 1.54) is 31.8 Å². The SMILES string of the molecule is C=C.[Pd].c1ccc([PH+](c2ccccc2)c2ccccc2)cc1.c1ccc([PH+](c2ccccc2)c2ccccc2)cc1. The van der Waals surface area contributed by atoms with E-state index in [0.29, 0.717) is 0 Å². The van der Waals surface area contributed by atoms with Crippen LogP contribution in [0, 0.1) is 0 Å². The minimum atomic E-state index is -0.877. The summed E-state index contributed by atoms with van der Waals surface area (Å²) in [6.45, 7) is 6.00. The van der Waals surface area contributed by atoms with E-state index in [1.807, 2.05) is 0 Å². The second kappa shape index (κ2) is 18.1. The van der Waals surface area contributed by atoms with E-state index in [-0.39, 0.29) is 20.4 Å². The molecule has 6 aromatic carbocycles. The van der Waals surface area contributed by atoms with Crippen molar-refractivity contribution >= 4 is 47.7 Å². The van der Waals surface area contributed by atoms with Crippen LogP contribution in [0.5, 0.6) is 0 Å². The van der Waals surface area contributed by atoms with Crippen LogP contribution in [-0.2, 0) is 20.4 Å². The Morgan fingerprint density at radius 3 is 0.488 bits per heavy atom. The van der Waals surface area contributed by atoms with E-state index in [0.717, 1.165) is 0 Å². The molecule has 0 bridgehead atoms. The summed E-state index contributed by atoms with van der Waals surface area (Å²) in [6.07, 6.45) is 0. The molecule has 0 aromatic heterocycles. The maximum absolute atomic E-state index is 3.00. The van der Waals surface area contributed by atoms with Gasteiger partial charge in [0.05, 0.1) is 15.8 Å². The zero-order valence-corrected chi connectivity index (χ0v) is 26.6. The van der Waals surface area contributed by atoms with Crippen molar-refractivity contribution in [3.8, 4) is 0 Å². The van der Waals surface area contributed by atoms with Gasteiger partial charge in [0.1, 0.15) is 31.8 Å². The van der Waals surface area contributed by atoms with Crippen LogP contribution in [-0.4, -0.2) is 0 Å². The first-order valence-electron chi connectivity index (χ1n) is 13.5. The van der Waals surface area contributed by atoms with Gasteiger partial charge in [-0.1, -0.05) is 109 Å². The molecule has 3 heteroatoms. The van der Waals surface area contributed by atoms with Gasteiger partial charge in [0.25, 0.3) is 0 Å². The smallest absolute Gasteiger partial charge is 0.102 e. The summed E-state index contributed by atoms with van der Waals surface area (Å²) in [7, 11) is -1.75. The Morgan fingerprint density at radius 1 is 0.244 bits per heavy atom. The van der Waals surface area contributed by atoms with Crippen LogP contribution in [0.4, 0.5) is 0 Å². The van der Waals surface area contributed by atoms with Crippen LogP contribution in [0.15, 0.2) is 195 Å². The van der Waals surface area contributed by atoms with Crippen molar-refractivity contribution in [2.45, 2.75) is 0 Å². The Morgan fingerprint density at radius 2 is 0.366 bits per heavy atom. The van der Waals surface area contributed by atoms with Gasteiger partial charge < -0.3 is 0 Å². The van der Waals surface area contributed by atoms with Crippen molar-refractivity contribution in [3.63, 3.8) is 0 Å². The number of rotatable bonds is 6. The summed E-state index contributed by atoms with van der Waals surface area (Å²) >= 11 is 0. The molecule has 0 aliphatic rings. The Kier molecular flexibility index (Phi) is 14.2. The molecule has 0 unspecified atom stereocenters. The quantitative estimate of drug-likeness (QED) is 0.101. The number of hydrogen-bond donors (Lipinski definition) is 0. The standard InChI is InChI=1S/2C18H15P.C2H4.Pd/c2*1-4-10-16(11-5-1)19(17-12-6-2-7-13-17)18-14-8-3-9-15-18;1-2;/h2*1-15H;1-2H2;/p+2. The molecule has 0 heterocycles. The van der Waals surface area contributed by atoms with Gasteiger partial charge in [0.2, 0.25) is 0 Å².